The Morgan fingerprint density at radius 3 is 2.88 bits per heavy atom. The summed E-state index contributed by atoms with van der Waals surface area (Å²) in [5.41, 5.74) is 0.921. The Bertz CT molecular complexity index is 401. The lowest BCUT2D eigenvalue weighted by Crippen LogP contribution is -2.33. The number of rotatable bonds is 4. The number of nitrogens with zero attached hydrogens (tertiary/aromatic N) is 1. The average Bonchev–Trinajstić information content (AvgIpc) is 3.10. The Labute approximate surface area is 101 Å². The zero-order valence-corrected chi connectivity index (χ0v) is 9.93. The zero-order valence-electron chi connectivity index (χ0n) is 9.93. The van der Waals surface area contributed by atoms with Crippen molar-refractivity contribution in [1.29, 1.82) is 0 Å². The standard InChI is InChI=1S/C13H17NO3/c1-2-17-13(16)14(11-6-7-11)9-10-4-3-5-12(15)8-10/h3-5,8,11,15H,2,6-7,9H2,1H3. The number of phenols is 1. The van der Waals surface area contributed by atoms with Gasteiger partial charge >= 0.3 is 6.09 Å². The molecule has 1 aromatic rings. The van der Waals surface area contributed by atoms with Gasteiger partial charge < -0.3 is 14.7 Å². The van der Waals surface area contributed by atoms with E-state index in [0.29, 0.717) is 19.2 Å². The summed E-state index contributed by atoms with van der Waals surface area (Å²) in [6.45, 7) is 2.69. The first-order valence-electron chi connectivity index (χ1n) is 5.92. The second-order valence-corrected chi connectivity index (χ2v) is 4.23. The second kappa shape index (κ2) is 5.08. The minimum Gasteiger partial charge on any atom is -0.508 e. The minimum absolute atomic E-state index is 0.224. The number of hydrogen-bond donors (Lipinski definition) is 1. The Balaban J connectivity index is 2.05. The van der Waals surface area contributed by atoms with E-state index >= 15 is 0 Å². The molecule has 0 spiro atoms. The number of hydrogen-bond acceptors (Lipinski definition) is 3. The lowest BCUT2D eigenvalue weighted by Gasteiger charge is -2.21. The molecule has 0 aliphatic heterocycles. The highest BCUT2D eigenvalue weighted by Crippen LogP contribution is 2.29. The van der Waals surface area contributed by atoms with E-state index in [0.717, 1.165) is 18.4 Å². The summed E-state index contributed by atoms with van der Waals surface area (Å²) in [6, 6.07) is 7.27. The molecule has 0 saturated heterocycles. The van der Waals surface area contributed by atoms with Crippen molar-refractivity contribution in [3.05, 3.63) is 29.8 Å². The molecule has 92 valence electrons. The summed E-state index contributed by atoms with van der Waals surface area (Å²) in [5.74, 6) is 0.224. The van der Waals surface area contributed by atoms with E-state index in [1.807, 2.05) is 6.07 Å². The van der Waals surface area contributed by atoms with E-state index in [2.05, 4.69) is 0 Å². The fourth-order valence-electron chi connectivity index (χ4n) is 1.79. The largest absolute Gasteiger partial charge is 0.508 e. The maximum atomic E-state index is 11.8. The molecular weight excluding hydrogens is 218 g/mol. The van der Waals surface area contributed by atoms with Gasteiger partial charge in [0.1, 0.15) is 5.75 Å². The average molecular weight is 235 g/mol. The van der Waals surface area contributed by atoms with Crippen LogP contribution >= 0.6 is 0 Å². The van der Waals surface area contributed by atoms with Gasteiger partial charge in [-0.25, -0.2) is 4.79 Å². The lowest BCUT2D eigenvalue weighted by molar-refractivity contribution is 0.102. The summed E-state index contributed by atoms with van der Waals surface area (Å²) in [5, 5.41) is 9.39. The normalized spacial score (nSPS) is 14.4. The molecule has 0 aromatic heterocycles. The van der Waals surface area contributed by atoms with Gasteiger partial charge in [0.15, 0.2) is 0 Å². The maximum absolute atomic E-state index is 11.8. The molecule has 17 heavy (non-hydrogen) atoms. The van der Waals surface area contributed by atoms with E-state index in [1.54, 1.807) is 30.0 Å². The first kappa shape index (κ1) is 11.8. The Kier molecular flexibility index (Phi) is 3.52. The molecule has 4 nitrogen and oxygen atoms in total. The van der Waals surface area contributed by atoms with Crippen molar-refractivity contribution in [2.24, 2.45) is 0 Å². The topological polar surface area (TPSA) is 49.8 Å². The van der Waals surface area contributed by atoms with E-state index in [4.69, 9.17) is 4.74 Å². The molecule has 0 radical (unpaired) electrons. The van der Waals surface area contributed by atoms with Crippen molar-refractivity contribution in [2.75, 3.05) is 6.61 Å². The summed E-state index contributed by atoms with van der Waals surface area (Å²) in [4.78, 5) is 13.5. The van der Waals surface area contributed by atoms with Crippen LogP contribution in [0.4, 0.5) is 4.79 Å². The third kappa shape index (κ3) is 3.12. The van der Waals surface area contributed by atoms with E-state index in [9.17, 15) is 9.90 Å². The molecule has 1 amide bonds. The SMILES string of the molecule is CCOC(=O)N(Cc1cccc(O)c1)C1CC1. The number of phenolic OH excluding ortho intramolecular Hbond substituents is 1. The first-order chi connectivity index (χ1) is 8.20. The van der Waals surface area contributed by atoms with Crippen molar-refractivity contribution < 1.29 is 14.6 Å². The molecule has 1 aromatic carbocycles. The van der Waals surface area contributed by atoms with E-state index < -0.39 is 0 Å². The molecule has 0 unspecified atom stereocenters. The summed E-state index contributed by atoms with van der Waals surface area (Å²) in [6.07, 6.45) is 1.81. The summed E-state index contributed by atoms with van der Waals surface area (Å²) < 4.78 is 5.03. The number of ether oxygens (including phenoxy) is 1. The van der Waals surface area contributed by atoms with Crippen LogP contribution in [0, 0.1) is 0 Å². The molecule has 1 N–H and O–H groups in total. The molecule has 1 fully saturated rings. The second-order valence-electron chi connectivity index (χ2n) is 4.23. The van der Waals surface area contributed by atoms with Crippen LogP contribution in [-0.2, 0) is 11.3 Å². The van der Waals surface area contributed by atoms with Crippen LogP contribution in [0.15, 0.2) is 24.3 Å². The zero-order chi connectivity index (χ0) is 12.3. The van der Waals surface area contributed by atoms with Gasteiger partial charge in [-0.3, -0.25) is 0 Å². The monoisotopic (exact) mass is 235 g/mol. The highest BCUT2D eigenvalue weighted by atomic mass is 16.6. The van der Waals surface area contributed by atoms with Crippen molar-refractivity contribution in [1.82, 2.24) is 4.90 Å². The molecular formula is C13H17NO3. The van der Waals surface area contributed by atoms with Crippen molar-refractivity contribution in [2.45, 2.75) is 32.4 Å². The van der Waals surface area contributed by atoms with Gasteiger partial charge in [0.05, 0.1) is 6.61 Å². The molecule has 1 saturated carbocycles. The van der Waals surface area contributed by atoms with Gasteiger partial charge in [-0.05, 0) is 37.5 Å². The number of benzene rings is 1. The van der Waals surface area contributed by atoms with Gasteiger partial charge in [-0.1, -0.05) is 12.1 Å². The van der Waals surface area contributed by atoms with Gasteiger partial charge in [0.2, 0.25) is 0 Å². The lowest BCUT2D eigenvalue weighted by atomic mass is 10.2. The van der Waals surface area contributed by atoms with E-state index in [1.165, 1.54) is 0 Å². The predicted molar refractivity (Wildman–Crippen MR) is 63.7 cm³/mol. The van der Waals surface area contributed by atoms with Crippen LogP contribution in [0.1, 0.15) is 25.3 Å². The molecule has 0 bridgehead atoms. The Morgan fingerprint density at radius 2 is 2.29 bits per heavy atom. The molecule has 0 heterocycles. The third-order valence-corrected chi connectivity index (χ3v) is 2.75. The van der Waals surface area contributed by atoms with Crippen molar-refractivity contribution in [3.8, 4) is 5.75 Å². The van der Waals surface area contributed by atoms with Crippen molar-refractivity contribution in [3.63, 3.8) is 0 Å². The van der Waals surface area contributed by atoms with Gasteiger partial charge in [-0.2, -0.15) is 0 Å². The molecule has 1 aliphatic carbocycles. The van der Waals surface area contributed by atoms with Gasteiger partial charge in [0.25, 0.3) is 0 Å². The number of carbonyl (C=O) groups excluding carboxylic acids is 1. The molecule has 4 heteroatoms. The molecule has 1 aliphatic rings. The van der Waals surface area contributed by atoms with Crippen LogP contribution in [0.3, 0.4) is 0 Å². The highest BCUT2D eigenvalue weighted by Gasteiger charge is 2.33. The summed E-state index contributed by atoms with van der Waals surface area (Å²) in [7, 11) is 0. The number of carbonyl (C=O) groups is 1. The van der Waals surface area contributed by atoms with Crippen LogP contribution in [-0.4, -0.2) is 28.7 Å². The quantitative estimate of drug-likeness (QED) is 0.872. The van der Waals surface area contributed by atoms with Crippen LogP contribution < -0.4 is 0 Å². The number of aromatic hydroxyl groups is 1. The fourth-order valence-corrected chi connectivity index (χ4v) is 1.79. The smallest absolute Gasteiger partial charge is 0.410 e. The van der Waals surface area contributed by atoms with Crippen molar-refractivity contribution >= 4 is 6.09 Å². The first-order valence-corrected chi connectivity index (χ1v) is 5.92. The number of amides is 1. The minimum atomic E-state index is -0.265. The maximum Gasteiger partial charge on any atom is 0.410 e. The Morgan fingerprint density at radius 1 is 1.53 bits per heavy atom. The molecule has 0 atom stereocenters. The van der Waals surface area contributed by atoms with E-state index in [-0.39, 0.29) is 11.8 Å². The highest BCUT2D eigenvalue weighted by molar-refractivity contribution is 5.68. The van der Waals surface area contributed by atoms with Crippen LogP contribution in [0.25, 0.3) is 0 Å². The predicted octanol–water partition coefficient (Wildman–Crippen LogP) is 2.51. The Hall–Kier alpha value is -1.71. The third-order valence-electron chi connectivity index (χ3n) is 2.75. The van der Waals surface area contributed by atoms with Gasteiger partial charge in [0, 0.05) is 12.6 Å². The summed E-state index contributed by atoms with van der Waals surface area (Å²) >= 11 is 0. The van der Waals surface area contributed by atoms with Crippen LogP contribution in [0.5, 0.6) is 5.75 Å². The van der Waals surface area contributed by atoms with Gasteiger partial charge in [-0.15, -0.1) is 0 Å². The fraction of sp³-hybridized carbons (Fsp3) is 0.462. The van der Waals surface area contributed by atoms with Crippen LogP contribution in [0.2, 0.25) is 0 Å². The molecule has 2 rings (SSSR count).